The van der Waals surface area contributed by atoms with Gasteiger partial charge >= 0.3 is 0 Å². The van der Waals surface area contributed by atoms with Crippen molar-refractivity contribution in [3.05, 3.63) is 58.3 Å². The molecule has 0 unspecified atom stereocenters. The Morgan fingerprint density at radius 2 is 1.81 bits per heavy atom. The van der Waals surface area contributed by atoms with Crippen LogP contribution in [0.5, 0.6) is 0 Å². The van der Waals surface area contributed by atoms with Gasteiger partial charge in [0.05, 0.1) is 15.1 Å². The Kier molecular flexibility index (Phi) is 4.97. The summed E-state index contributed by atoms with van der Waals surface area (Å²) in [6, 6.07) is 10.4. The van der Waals surface area contributed by atoms with E-state index < -0.39 is 15.8 Å². The number of hydrogen-bond donors (Lipinski definition) is 2. The maximum absolute atomic E-state index is 13.1. The molecular weight excluding hydrogens is 359 g/mol. The summed E-state index contributed by atoms with van der Waals surface area (Å²) in [6.45, 7) is 0.508. The minimum Gasteiger partial charge on any atom is -0.330 e. The van der Waals surface area contributed by atoms with Gasteiger partial charge in [0.2, 0.25) is 0 Å². The van der Waals surface area contributed by atoms with Gasteiger partial charge in [-0.25, -0.2) is 12.8 Å². The third-order valence-corrected chi connectivity index (χ3v) is 4.84. The van der Waals surface area contributed by atoms with Gasteiger partial charge in [-0.3, -0.25) is 4.72 Å². The minimum absolute atomic E-state index is 0.142. The first kappa shape index (κ1) is 15.9. The zero-order valence-electron chi connectivity index (χ0n) is 11.0. The third kappa shape index (κ3) is 4.03. The molecule has 0 spiro atoms. The first-order valence-electron chi connectivity index (χ1n) is 6.19. The van der Waals surface area contributed by atoms with Gasteiger partial charge in [-0.1, -0.05) is 12.1 Å². The fourth-order valence-electron chi connectivity index (χ4n) is 1.78. The van der Waals surface area contributed by atoms with E-state index in [1.54, 1.807) is 12.1 Å². The van der Waals surface area contributed by atoms with Gasteiger partial charge in [0.1, 0.15) is 5.82 Å². The van der Waals surface area contributed by atoms with Crippen molar-refractivity contribution < 1.29 is 12.8 Å². The highest BCUT2D eigenvalue weighted by Crippen LogP contribution is 2.22. The number of hydrogen-bond acceptors (Lipinski definition) is 3. The number of anilines is 1. The van der Waals surface area contributed by atoms with Crippen LogP contribution in [0.1, 0.15) is 5.56 Å². The first-order valence-corrected chi connectivity index (χ1v) is 8.47. The smallest absolute Gasteiger partial charge is 0.261 e. The molecule has 0 aliphatic rings. The standard InChI is InChI=1S/C14H14BrFN2O2S/c15-13-9-11(3-6-14(13)16)18-21(19,20)12-4-1-10(2-5-12)7-8-17/h1-6,9,18H,7-8,17H2. The molecule has 0 radical (unpaired) electrons. The average Bonchev–Trinajstić information content (AvgIpc) is 2.44. The number of rotatable bonds is 5. The molecule has 0 bridgehead atoms. The molecule has 0 amide bonds. The van der Waals surface area contributed by atoms with Crippen LogP contribution in [0, 0.1) is 5.82 Å². The summed E-state index contributed by atoms with van der Waals surface area (Å²) in [7, 11) is -3.70. The molecule has 3 N–H and O–H groups in total. The topological polar surface area (TPSA) is 72.2 Å². The van der Waals surface area contributed by atoms with Crippen molar-refractivity contribution in [2.45, 2.75) is 11.3 Å². The van der Waals surface area contributed by atoms with E-state index in [0.29, 0.717) is 13.0 Å². The van der Waals surface area contributed by atoms with Gasteiger partial charge in [0, 0.05) is 0 Å². The summed E-state index contributed by atoms with van der Waals surface area (Å²) in [5.74, 6) is -0.455. The Morgan fingerprint density at radius 1 is 1.14 bits per heavy atom. The SMILES string of the molecule is NCCc1ccc(S(=O)(=O)Nc2ccc(F)c(Br)c2)cc1. The van der Waals surface area contributed by atoms with E-state index in [1.165, 1.54) is 30.3 Å². The molecular formula is C14H14BrFN2O2S. The van der Waals surface area contributed by atoms with Crippen LogP contribution in [-0.4, -0.2) is 15.0 Å². The molecule has 0 aromatic heterocycles. The van der Waals surface area contributed by atoms with Crippen LogP contribution in [0.15, 0.2) is 51.8 Å². The van der Waals surface area contributed by atoms with Crippen LogP contribution in [0.25, 0.3) is 0 Å². The van der Waals surface area contributed by atoms with Gasteiger partial charge in [0.15, 0.2) is 0 Å². The lowest BCUT2D eigenvalue weighted by Crippen LogP contribution is -2.13. The fraction of sp³-hybridized carbons (Fsp3) is 0.143. The van der Waals surface area contributed by atoms with Crippen LogP contribution in [0.2, 0.25) is 0 Å². The maximum atomic E-state index is 13.1. The van der Waals surface area contributed by atoms with Gasteiger partial charge in [-0.05, 0) is 64.8 Å². The molecule has 7 heteroatoms. The van der Waals surface area contributed by atoms with Crippen LogP contribution < -0.4 is 10.5 Å². The molecule has 4 nitrogen and oxygen atoms in total. The van der Waals surface area contributed by atoms with Crippen molar-refractivity contribution in [3.8, 4) is 0 Å². The summed E-state index contributed by atoms with van der Waals surface area (Å²) in [5, 5.41) is 0. The summed E-state index contributed by atoms with van der Waals surface area (Å²) >= 11 is 3.01. The molecule has 0 atom stereocenters. The van der Waals surface area contributed by atoms with E-state index >= 15 is 0 Å². The molecule has 21 heavy (non-hydrogen) atoms. The minimum atomic E-state index is -3.70. The molecule has 0 fully saturated rings. The molecule has 2 aromatic rings. The van der Waals surface area contributed by atoms with E-state index in [9.17, 15) is 12.8 Å². The molecule has 2 aromatic carbocycles. The van der Waals surface area contributed by atoms with Crippen LogP contribution in [0.3, 0.4) is 0 Å². The van der Waals surface area contributed by atoms with E-state index in [0.717, 1.165) is 5.56 Å². The van der Waals surface area contributed by atoms with Crippen LogP contribution in [0.4, 0.5) is 10.1 Å². The molecule has 0 heterocycles. The molecule has 0 aliphatic heterocycles. The van der Waals surface area contributed by atoms with E-state index in [-0.39, 0.29) is 15.1 Å². The number of halogens is 2. The highest BCUT2D eigenvalue weighted by Gasteiger charge is 2.14. The molecule has 0 aliphatic carbocycles. The van der Waals surface area contributed by atoms with E-state index in [2.05, 4.69) is 20.7 Å². The zero-order valence-corrected chi connectivity index (χ0v) is 13.4. The lowest BCUT2D eigenvalue weighted by Gasteiger charge is -2.09. The highest BCUT2D eigenvalue weighted by molar-refractivity contribution is 9.10. The van der Waals surface area contributed by atoms with Crippen molar-refractivity contribution >= 4 is 31.6 Å². The fourth-order valence-corrected chi connectivity index (χ4v) is 3.20. The molecule has 0 saturated carbocycles. The summed E-state index contributed by atoms with van der Waals surface area (Å²) in [4.78, 5) is 0.142. The molecule has 2 rings (SSSR count). The second kappa shape index (κ2) is 6.55. The lowest BCUT2D eigenvalue weighted by atomic mass is 10.2. The van der Waals surface area contributed by atoms with Gasteiger partial charge in [0.25, 0.3) is 10.0 Å². The number of sulfonamides is 1. The normalized spacial score (nSPS) is 11.4. The monoisotopic (exact) mass is 372 g/mol. The molecule has 112 valence electrons. The zero-order chi connectivity index (χ0) is 15.5. The van der Waals surface area contributed by atoms with Crippen molar-refractivity contribution in [3.63, 3.8) is 0 Å². The Balaban J connectivity index is 2.23. The Morgan fingerprint density at radius 3 is 2.38 bits per heavy atom. The quantitative estimate of drug-likeness (QED) is 0.847. The summed E-state index contributed by atoms with van der Waals surface area (Å²) < 4.78 is 40.2. The van der Waals surface area contributed by atoms with Gasteiger partial charge in [-0.15, -0.1) is 0 Å². The largest absolute Gasteiger partial charge is 0.330 e. The Bertz CT molecular complexity index is 733. The molecule has 0 saturated heterocycles. The predicted molar refractivity (Wildman–Crippen MR) is 84.1 cm³/mol. The third-order valence-electron chi connectivity index (χ3n) is 2.84. The van der Waals surface area contributed by atoms with Crippen LogP contribution in [-0.2, 0) is 16.4 Å². The van der Waals surface area contributed by atoms with Crippen molar-refractivity contribution in [1.29, 1.82) is 0 Å². The summed E-state index contributed by atoms with van der Waals surface area (Å²) in [5.41, 5.74) is 6.71. The predicted octanol–water partition coefficient (Wildman–Crippen LogP) is 2.89. The highest BCUT2D eigenvalue weighted by atomic mass is 79.9. The maximum Gasteiger partial charge on any atom is 0.261 e. The van der Waals surface area contributed by atoms with Crippen molar-refractivity contribution in [1.82, 2.24) is 0 Å². The Hall–Kier alpha value is -1.44. The van der Waals surface area contributed by atoms with E-state index in [1.807, 2.05) is 0 Å². The van der Waals surface area contributed by atoms with Gasteiger partial charge in [-0.2, -0.15) is 0 Å². The van der Waals surface area contributed by atoms with Crippen molar-refractivity contribution in [2.24, 2.45) is 5.73 Å². The number of nitrogens with one attached hydrogen (secondary N) is 1. The summed E-state index contributed by atoms with van der Waals surface area (Å²) in [6.07, 6.45) is 0.693. The lowest BCUT2D eigenvalue weighted by molar-refractivity contribution is 0.601. The second-order valence-corrected chi connectivity index (χ2v) is 6.95. The Labute approximate surface area is 131 Å². The van der Waals surface area contributed by atoms with E-state index in [4.69, 9.17) is 5.73 Å². The first-order chi connectivity index (χ1) is 9.92. The number of nitrogens with two attached hydrogens (primary N) is 1. The number of benzene rings is 2. The second-order valence-electron chi connectivity index (χ2n) is 4.42. The van der Waals surface area contributed by atoms with Gasteiger partial charge < -0.3 is 5.73 Å². The van der Waals surface area contributed by atoms with Crippen molar-refractivity contribution in [2.75, 3.05) is 11.3 Å². The van der Waals surface area contributed by atoms with Crippen LogP contribution >= 0.6 is 15.9 Å². The average molecular weight is 373 g/mol.